The van der Waals surface area contributed by atoms with Gasteiger partial charge in [0, 0.05) is 29.2 Å². The third kappa shape index (κ3) is 2.89. The number of methoxy groups -OCH3 is 1. The van der Waals surface area contributed by atoms with Crippen LogP contribution in [0.5, 0.6) is 5.75 Å². The fraction of sp³-hybridized carbons (Fsp3) is 0.273. The number of ether oxygens (including phenoxy) is 1. The molecule has 0 aliphatic rings. The van der Waals surface area contributed by atoms with Crippen LogP contribution in [0.15, 0.2) is 29.2 Å². The van der Waals surface area contributed by atoms with Crippen molar-refractivity contribution in [2.75, 3.05) is 19.5 Å². The number of para-hydroxylation sites is 1. The molecule has 90 valence electrons. The molecule has 0 aliphatic carbocycles. The van der Waals surface area contributed by atoms with Crippen molar-refractivity contribution in [1.29, 1.82) is 0 Å². The predicted molar refractivity (Wildman–Crippen MR) is 72.0 cm³/mol. The van der Waals surface area contributed by atoms with Gasteiger partial charge >= 0.3 is 0 Å². The number of aromatic nitrogens is 2. The summed E-state index contributed by atoms with van der Waals surface area (Å²) in [6, 6.07) is 7.97. The monoisotopic (exact) mass is 267 g/mol. The van der Waals surface area contributed by atoms with Gasteiger partial charge in [-0.25, -0.2) is 0 Å². The summed E-state index contributed by atoms with van der Waals surface area (Å²) in [4.78, 5) is 1.12. The lowest BCUT2D eigenvalue weighted by atomic mass is 10.3. The molecule has 6 heteroatoms. The van der Waals surface area contributed by atoms with Crippen molar-refractivity contribution in [3.8, 4) is 5.75 Å². The normalized spacial score (nSPS) is 10.2. The molecule has 0 bridgehead atoms. The van der Waals surface area contributed by atoms with Gasteiger partial charge in [0.05, 0.1) is 7.11 Å². The number of nitrogens with one attached hydrogen (secondary N) is 1. The third-order valence-electron chi connectivity index (χ3n) is 2.22. The second kappa shape index (κ2) is 5.88. The van der Waals surface area contributed by atoms with Crippen molar-refractivity contribution < 1.29 is 4.74 Å². The lowest BCUT2D eigenvalue weighted by Crippen LogP contribution is -1.91. The topological polar surface area (TPSA) is 47.0 Å². The Balaban J connectivity index is 2.07. The Morgan fingerprint density at radius 2 is 2.24 bits per heavy atom. The maximum atomic E-state index is 5.30. The third-order valence-corrected chi connectivity index (χ3v) is 4.07. The smallest absolute Gasteiger partial charge is 0.133 e. The molecule has 0 spiro atoms. The van der Waals surface area contributed by atoms with E-state index >= 15 is 0 Å². The van der Waals surface area contributed by atoms with Gasteiger partial charge in [-0.05, 0) is 12.1 Å². The van der Waals surface area contributed by atoms with Gasteiger partial charge in [0.1, 0.15) is 16.4 Å². The van der Waals surface area contributed by atoms with Crippen LogP contribution < -0.4 is 10.1 Å². The van der Waals surface area contributed by atoms with Crippen LogP contribution in [0.2, 0.25) is 0 Å². The molecule has 0 saturated heterocycles. The first-order valence-corrected chi connectivity index (χ1v) is 6.86. The fourth-order valence-corrected chi connectivity index (χ4v) is 2.96. The van der Waals surface area contributed by atoms with E-state index in [4.69, 9.17) is 4.74 Å². The minimum atomic E-state index is 0.785. The Morgan fingerprint density at radius 3 is 3.00 bits per heavy atom. The van der Waals surface area contributed by atoms with E-state index in [9.17, 15) is 0 Å². The van der Waals surface area contributed by atoms with Gasteiger partial charge in [-0.2, -0.15) is 0 Å². The van der Waals surface area contributed by atoms with E-state index in [1.165, 1.54) is 11.5 Å². The molecule has 0 saturated carbocycles. The van der Waals surface area contributed by atoms with Gasteiger partial charge in [-0.15, -0.1) is 16.9 Å². The van der Waals surface area contributed by atoms with E-state index < -0.39 is 0 Å². The Bertz CT molecular complexity index is 487. The van der Waals surface area contributed by atoms with Gasteiger partial charge in [-0.3, -0.25) is 0 Å². The Kier molecular flexibility index (Phi) is 4.22. The van der Waals surface area contributed by atoms with Gasteiger partial charge in [-0.1, -0.05) is 16.6 Å². The number of rotatable bonds is 5. The molecule has 1 heterocycles. The lowest BCUT2D eigenvalue weighted by molar-refractivity contribution is 0.405. The van der Waals surface area contributed by atoms with Crippen molar-refractivity contribution in [3.05, 3.63) is 30.0 Å². The Morgan fingerprint density at radius 1 is 1.41 bits per heavy atom. The molecule has 0 fully saturated rings. The van der Waals surface area contributed by atoms with Crippen molar-refractivity contribution in [1.82, 2.24) is 9.59 Å². The van der Waals surface area contributed by atoms with E-state index in [1.807, 2.05) is 31.3 Å². The van der Waals surface area contributed by atoms with E-state index in [0.717, 1.165) is 27.1 Å². The van der Waals surface area contributed by atoms with Gasteiger partial charge < -0.3 is 10.1 Å². The van der Waals surface area contributed by atoms with Gasteiger partial charge in [0.25, 0.3) is 0 Å². The molecule has 17 heavy (non-hydrogen) atoms. The molecule has 2 aromatic rings. The van der Waals surface area contributed by atoms with Crippen LogP contribution in [0.25, 0.3) is 0 Å². The minimum absolute atomic E-state index is 0.785. The van der Waals surface area contributed by atoms with Gasteiger partial charge in [0.2, 0.25) is 0 Å². The van der Waals surface area contributed by atoms with Crippen LogP contribution in [-0.4, -0.2) is 23.7 Å². The molecule has 1 N–H and O–H groups in total. The Labute approximate surface area is 109 Å². The largest absolute Gasteiger partial charge is 0.496 e. The highest BCUT2D eigenvalue weighted by Gasteiger charge is 2.08. The highest BCUT2D eigenvalue weighted by molar-refractivity contribution is 7.98. The van der Waals surface area contributed by atoms with Crippen LogP contribution in [0.1, 0.15) is 5.69 Å². The molecule has 4 nitrogen and oxygen atoms in total. The lowest BCUT2D eigenvalue weighted by Gasteiger charge is -2.06. The summed E-state index contributed by atoms with van der Waals surface area (Å²) >= 11 is 3.08. The number of nitrogens with zero attached hydrogens (tertiary/aromatic N) is 2. The van der Waals surface area contributed by atoms with Crippen molar-refractivity contribution in [2.45, 2.75) is 10.6 Å². The zero-order chi connectivity index (χ0) is 12.1. The summed E-state index contributed by atoms with van der Waals surface area (Å²) in [5.74, 6) is 1.68. The SMILES string of the molecule is CNc1snnc1CSc1ccccc1OC. The van der Waals surface area contributed by atoms with Crippen LogP contribution in [0, 0.1) is 0 Å². The number of hydrogen-bond acceptors (Lipinski definition) is 6. The number of anilines is 1. The van der Waals surface area contributed by atoms with Crippen LogP contribution in [0.3, 0.4) is 0 Å². The first kappa shape index (κ1) is 12.2. The molecule has 0 aliphatic heterocycles. The van der Waals surface area contributed by atoms with Crippen LogP contribution >= 0.6 is 23.3 Å². The zero-order valence-electron chi connectivity index (χ0n) is 9.64. The maximum absolute atomic E-state index is 5.30. The quantitative estimate of drug-likeness (QED) is 0.844. The molecule has 2 rings (SSSR count). The minimum Gasteiger partial charge on any atom is -0.496 e. The molecule has 0 atom stereocenters. The zero-order valence-corrected chi connectivity index (χ0v) is 11.3. The van der Waals surface area contributed by atoms with E-state index in [1.54, 1.807) is 18.9 Å². The first-order valence-electron chi connectivity index (χ1n) is 5.10. The standard InChI is InChI=1S/C11H13N3OS2/c1-12-11-8(13-14-17-11)7-16-10-6-4-3-5-9(10)15-2/h3-6,12H,7H2,1-2H3. The highest BCUT2D eigenvalue weighted by atomic mass is 32.2. The summed E-state index contributed by atoms with van der Waals surface area (Å²) in [5.41, 5.74) is 0.980. The van der Waals surface area contributed by atoms with Crippen molar-refractivity contribution >= 4 is 28.3 Å². The number of hydrogen-bond donors (Lipinski definition) is 1. The summed E-state index contributed by atoms with van der Waals surface area (Å²) in [6.45, 7) is 0. The van der Waals surface area contributed by atoms with Crippen LogP contribution in [-0.2, 0) is 5.75 Å². The second-order valence-electron chi connectivity index (χ2n) is 3.24. The van der Waals surface area contributed by atoms with E-state index in [2.05, 4.69) is 14.9 Å². The molecule has 1 aromatic heterocycles. The molecular formula is C11H13N3OS2. The molecule has 0 amide bonds. The highest BCUT2D eigenvalue weighted by Crippen LogP contribution is 2.32. The molecular weight excluding hydrogens is 254 g/mol. The van der Waals surface area contributed by atoms with Gasteiger partial charge in [0.15, 0.2) is 0 Å². The van der Waals surface area contributed by atoms with Crippen molar-refractivity contribution in [3.63, 3.8) is 0 Å². The fourth-order valence-electron chi connectivity index (χ4n) is 1.38. The molecule has 0 radical (unpaired) electrons. The average Bonchev–Trinajstić information content (AvgIpc) is 2.84. The molecule has 1 aromatic carbocycles. The van der Waals surface area contributed by atoms with E-state index in [-0.39, 0.29) is 0 Å². The number of benzene rings is 1. The average molecular weight is 267 g/mol. The maximum Gasteiger partial charge on any atom is 0.133 e. The molecule has 0 unspecified atom stereocenters. The second-order valence-corrected chi connectivity index (χ2v) is 5.01. The Hall–Kier alpha value is -1.27. The summed E-state index contributed by atoms with van der Waals surface area (Å²) < 4.78 is 9.23. The summed E-state index contributed by atoms with van der Waals surface area (Å²) in [5, 5.41) is 8.21. The van der Waals surface area contributed by atoms with Crippen LogP contribution in [0.4, 0.5) is 5.00 Å². The predicted octanol–water partition coefficient (Wildman–Crippen LogP) is 2.88. The first-order chi connectivity index (χ1) is 8.35. The summed E-state index contributed by atoms with van der Waals surface area (Å²) in [6.07, 6.45) is 0. The van der Waals surface area contributed by atoms with Crippen molar-refractivity contribution in [2.24, 2.45) is 0 Å². The summed E-state index contributed by atoms with van der Waals surface area (Å²) in [7, 11) is 3.56. The number of thioether (sulfide) groups is 1. The van der Waals surface area contributed by atoms with E-state index in [0.29, 0.717) is 0 Å².